The molecule has 4 rings (SSSR count). The minimum Gasteiger partial charge on any atom is -0.459 e. The topological polar surface area (TPSA) is 109 Å². The van der Waals surface area contributed by atoms with Gasteiger partial charge in [-0.15, -0.1) is 0 Å². The van der Waals surface area contributed by atoms with E-state index < -0.39 is 11.1 Å². The van der Waals surface area contributed by atoms with Crippen LogP contribution in [0.2, 0.25) is 0 Å². The third kappa shape index (κ3) is 3.70. The molecule has 4 heterocycles. The zero-order chi connectivity index (χ0) is 18.8. The molecule has 0 bridgehead atoms. The number of aromatic nitrogens is 2. The van der Waals surface area contributed by atoms with E-state index in [2.05, 4.69) is 15.3 Å². The Bertz CT molecular complexity index is 919. The van der Waals surface area contributed by atoms with Crippen molar-refractivity contribution >= 4 is 40.8 Å². The number of rotatable bonds is 3. The van der Waals surface area contributed by atoms with Gasteiger partial charge in [-0.2, -0.15) is 0 Å². The van der Waals surface area contributed by atoms with Crippen molar-refractivity contribution in [2.24, 2.45) is 0 Å². The number of hydrogen-bond acceptors (Lipinski definition) is 8. The maximum Gasteiger partial charge on any atom is 0.290 e. The molecular formula is C17H15N5O4S. The molecule has 2 aliphatic heterocycles. The molecule has 0 unspecified atom stereocenters. The molecule has 1 N–H and O–H groups in total. The molecule has 2 aromatic rings. The Morgan fingerprint density at radius 3 is 2.70 bits per heavy atom. The van der Waals surface area contributed by atoms with Crippen LogP contribution < -0.4 is 10.2 Å². The van der Waals surface area contributed by atoms with Crippen LogP contribution in [0.5, 0.6) is 0 Å². The predicted molar refractivity (Wildman–Crippen MR) is 98.0 cm³/mol. The van der Waals surface area contributed by atoms with Gasteiger partial charge in [0.2, 0.25) is 5.95 Å². The maximum absolute atomic E-state index is 12.3. The van der Waals surface area contributed by atoms with Crippen molar-refractivity contribution in [3.05, 3.63) is 47.0 Å². The van der Waals surface area contributed by atoms with Crippen LogP contribution in [0.15, 0.2) is 40.0 Å². The second-order valence-electron chi connectivity index (χ2n) is 5.89. The van der Waals surface area contributed by atoms with Crippen molar-refractivity contribution < 1.29 is 18.8 Å². The lowest BCUT2D eigenvalue weighted by atomic mass is 10.3. The van der Waals surface area contributed by atoms with Crippen LogP contribution >= 0.6 is 11.8 Å². The van der Waals surface area contributed by atoms with Gasteiger partial charge < -0.3 is 14.2 Å². The van der Waals surface area contributed by atoms with Gasteiger partial charge in [0.05, 0.1) is 16.9 Å². The number of carbonyl (C=O) groups excluding carboxylic acids is 3. The number of piperazine rings is 1. The van der Waals surface area contributed by atoms with E-state index >= 15 is 0 Å². The van der Waals surface area contributed by atoms with Crippen molar-refractivity contribution in [2.75, 3.05) is 31.1 Å². The Kier molecular flexibility index (Phi) is 4.63. The van der Waals surface area contributed by atoms with Crippen LogP contribution in [-0.4, -0.2) is 58.1 Å². The molecule has 0 saturated carbocycles. The van der Waals surface area contributed by atoms with Gasteiger partial charge in [-0.05, 0) is 36.0 Å². The summed E-state index contributed by atoms with van der Waals surface area (Å²) in [7, 11) is 0. The van der Waals surface area contributed by atoms with Crippen molar-refractivity contribution in [3.8, 4) is 0 Å². The van der Waals surface area contributed by atoms with E-state index in [-0.39, 0.29) is 5.91 Å². The fourth-order valence-corrected chi connectivity index (χ4v) is 3.48. The smallest absolute Gasteiger partial charge is 0.290 e. The third-order valence-corrected chi connectivity index (χ3v) is 4.98. The Balaban J connectivity index is 1.43. The standard InChI is InChI=1S/C17H15N5O4S/c23-14-13(27-17(25)20-14)10-11-3-4-18-16(19-11)22-7-5-21(6-8-22)15(24)12-2-1-9-26-12/h1-4,9-10H,5-8H2,(H,20,23,25). The zero-order valence-electron chi connectivity index (χ0n) is 14.1. The SMILES string of the molecule is O=C1NC(=O)C(=Cc2ccnc(N3CCN(C(=O)c4ccco4)CC3)n2)S1. The molecule has 9 nitrogen and oxygen atoms in total. The first-order valence-corrected chi connectivity index (χ1v) is 9.07. The molecule has 2 aromatic heterocycles. The minimum atomic E-state index is -0.421. The number of anilines is 1. The molecule has 0 atom stereocenters. The summed E-state index contributed by atoms with van der Waals surface area (Å²) in [6, 6.07) is 5.01. The molecule has 138 valence electrons. The van der Waals surface area contributed by atoms with Crippen LogP contribution in [0, 0.1) is 0 Å². The molecule has 0 aromatic carbocycles. The van der Waals surface area contributed by atoms with Crippen molar-refractivity contribution in [1.29, 1.82) is 0 Å². The number of hydrogen-bond donors (Lipinski definition) is 1. The van der Waals surface area contributed by atoms with Crippen LogP contribution in [0.3, 0.4) is 0 Å². The Morgan fingerprint density at radius 1 is 1.22 bits per heavy atom. The third-order valence-electron chi connectivity index (χ3n) is 4.17. The molecule has 2 fully saturated rings. The van der Waals surface area contributed by atoms with Gasteiger partial charge in [-0.1, -0.05) is 0 Å². The van der Waals surface area contributed by atoms with E-state index in [0.717, 1.165) is 11.8 Å². The number of nitrogens with zero attached hydrogens (tertiary/aromatic N) is 4. The molecule has 0 radical (unpaired) electrons. The molecule has 2 aliphatic rings. The van der Waals surface area contributed by atoms with Crippen LogP contribution in [0.25, 0.3) is 6.08 Å². The first-order chi connectivity index (χ1) is 13.1. The highest BCUT2D eigenvalue weighted by molar-refractivity contribution is 8.18. The summed E-state index contributed by atoms with van der Waals surface area (Å²) < 4.78 is 5.16. The van der Waals surface area contributed by atoms with E-state index in [9.17, 15) is 14.4 Å². The average molecular weight is 385 g/mol. The Morgan fingerprint density at radius 2 is 2.04 bits per heavy atom. The number of thioether (sulfide) groups is 1. The van der Waals surface area contributed by atoms with E-state index in [0.29, 0.717) is 48.5 Å². The molecule has 3 amide bonds. The van der Waals surface area contributed by atoms with Gasteiger partial charge in [-0.25, -0.2) is 9.97 Å². The summed E-state index contributed by atoms with van der Waals surface area (Å²) in [4.78, 5) is 48.0. The molecule has 2 saturated heterocycles. The number of amides is 3. The molecule has 10 heteroatoms. The van der Waals surface area contributed by atoms with Crippen molar-refractivity contribution in [3.63, 3.8) is 0 Å². The summed E-state index contributed by atoms with van der Waals surface area (Å²) in [5.41, 5.74) is 0.543. The number of furan rings is 1. The van der Waals surface area contributed by atoms with Gasteiger partial charge in [0, 0.05) is 32.4 Å². The fourth-order valence-electron chi connectivity index (χ4n) is 2.82. The van der Waals surface area contributed by atoms with E-state index in [1.807, 2.05) is 4.90 Å². The van der Waals surface area contributed by atoms with Gasteiger partial charge in [-0.3, -0.25) is 19.7 Å². The fraction of sp³-hybridized carbons (Fsp3) is 0.235. The van der Waals surface area contributed by atoms with Crippen molar-refractivity contribution in [1.82, 2.24) is 20.2 Å². The highest BCUT2D eigenvalue weighted by Gasteiger charge is 2.26. The zero-order valence-corrected chi connectivity index (χ0v) is 14.9. The van der Waals surface area contributed by atoms with Crippen LogP contribution in [-0.2, 0) is 4.79 Å². The highest BCUT2D eigenvalue weighted by atomic mass is 32.2. The molecule has 27 heavy (non-hydrogen) atoms. The molecule has 0 spiro atoms. The van der Waals surface area contributed by atoms with Crippen molar-refractivity contribution in [2.45, 2.75) is 0 Å². The largest absolute Gasteiger partial charge is 0.459 e. The summed E-state index contributed by atoms with van der Waals surface area (Å²) in [5, 5.41) is 1.82. The summed E-state index contributed by atoms with van der Waals surface area (Å²) in [6.45, 7) is 2.22. The minimum absolute atomic E-state index is 0.131. The number of imide groups is 1. The monoisotopic (exact) mass is 385 g/mol. The van der Waals surface area contributed by atoms with E-state index in [4.69, 9.17) is 4.42 Å². The van der Waals surface area contributed by atoms with Crippen LogP contribution in [0.4, 0.5) is 10.7 Å². The molecule has 0 aliphatic carbocycles. The summed E-state index contributed by atoms with van der Waals surface area (Å²) in [6.07, 6.45) is 4.65. The second-order valence-corrected chi connectivity index (χ2v) is 6.91. The second kappa shape index (κ2) is 7.23. The summed E-state index contributed by atoms with van der Waals surface area (Å²) in [5.74, 6) is 0.294. The number of carbonyl (C=O) groups is 3. The lowest BCUT2D eigenvalue weighted by Crippen LogP contribution is -2.49. The normalized spacial score (nSPS) is 18.9. The van der Waals surface area contributed by atoms with Gasteiger partial charge in [0.25, 0.3) is 17.1 Å². The first kappa shape index (κ1) is 17.3. The Hall–Kier alpha value is -3.14. The number of nitrogens with one attached hydrogen (secondary N) is 1. The highest BCUT2D eigenvalue weighted by Crippen LogP contribution is 2.25. The average Bonchev–Trinajstić information content (AvgIpc) is 3.32. The summed E-state index contributed by atoms with van der Waals surface area (Å²) >= 11 is 0.847. The Labute approximate surface area is 158 Å². The maximum atomic E-state index is 12.3. The van der Waals surface area contributed by atoms with Crippen LogP contribution in [0.1, 0.15) is 16.2 Å². The molecular weight excluding hydrogens is 370 g/mol. The quantitative estimate of drug-likeness (QED) is 0.789. The lowest BCUT2D eigenvalue weighted by Gasteiger charge is -2.34. The van der Waals surface area contributed by atoms with Gasteiger partial charge in [0.1, 0.15) is 0 Å². The first-order valence-electron chi connectivity index (χ1n) is 8.26. The lowest BCUT2D eigenvalue weighted by molar-refractivity contribution is -0.115. The van der Waals surface area contributed by atoms with E-state index in [1.54, 1.807) is 35.4 Å². The van der Waals surface area contributed by atoms with E-state index in [1.165, 1.54) is 6.26 Å². The van der Waals surface area contributed by atoms with Gasteiger partial charge >= 0.3 is 0 Å². The van der Waals surface area contributed by atoms with Gasteiger partial charge in [0.15, 0.2) is 5.76 Å². The predicted octanol–water partition coefficient (Wildman–Crippen LogP) is 1.36.